The molecular weight excluding hydrogens is 534 g/mol. The lowest BCUT2D eigenvalue weighted by Gasteiger charge is -2.35. The first kappa shape index (κ1) is 27.2. The Morgan fingerprint density at radius 3 is 2.43 bits per heavy atom. The van der Waals surface area contributed by atoms with Crippen molar-refractivity contribution in [1.82, 2.24) is 19.5 Å². The number of rotatable bonds is 7. The minimum atomic E-state index is -4.61. The summed E-state index contributed by atoms with van der Waals surface area (Å²) in [5, 5.41) is 14.9. The zero-order valence-electron chi connectivity index (χ0n) is 20.0. The van der Waals surface area contributed by atoms with Gasteiger partial charge in [0, 0.05) is 17.5 Å². The van der Waals surface area contributed by atoms with E-state index in [4.69, 9.17) is 28.9 Å². The third kappa shape index (κ3) is 5.55. The molecule has 2 aromatic heterocycles. The largest absolute Gasteiger partial charge is 0.416 e. The van der Waals surface area contributed by atoms with Crippen LogP contribution in [-0.4, -0.2) is 43.2 Å². The normalized spacial score (nSPS) is 21.1. The van der Waals surface area contributed by atoms with Crippen molar-refractivity contribution in [2.75, 3.05) is 17.2 Å². The van der Waals surface area contributed by atoms with E-state index in [1.165, 1.54) is 6.20 Å². The second kappa shape index (κ2) is 10.1. The van der Waals surface area contributed by atoms with Gasteiger partial charge >= 0.3 is 6.18 Å². The zero-order valence-corrected chi connectivity index (χ0v) is 21.5. The summed E-state index contributed by atoms with van der Waals surface area (Å²) < 4.78 is 41.4. The van der Waals surface area contributed by atoms with Crippen LogP contribution in [0.1, 0.15) is 51.1 Å². The summed E-state index contributed by atoms with van der Waals surface area (Å²) >= 11 is 12.4. The fraction of sp³-hybridized carbons (Fsp3) is 0.478. The lowest BCUT2D eigenvalue weighted by molar-refractivity contribution is -0.137. The lowest BCUT2D eigenvalue weighted by Crippen LogP contribution is -2.38. The number of aliphatic hydroxyl groups is 1. The first-order valence-corrected chi connectivity index (χ1v) is 12.3. The Bertz CT molecular complexity index is 1300. The van der Waals surface area contributed by atoms with Crippen LogP contribution >= 0.6 is 23.2 Å². The minimum absolute atomic E-state index is 0.0610. The van der Waals surface area contributed by atoms with E-state index >= 15 is 0 Å². The van der Waals surface area contributed by atoms with E-state index < -0.39 is 17.2 Å². The van der Waals surface area contributed by atoms with Gasteiger partial charge in [0.05, 0.1) is 34.1 Å². The molecule has 14 heteroatoms. The number of fused-ring (bicyclic) bond motifs is 1. The van der Waals surface area contributed by atoms with Gasteiger partial charge in [0.2, 0.25) is 17.8 Å². The summed E-state index contributed by atoms with van der Waals surface area (Å²) in [7, 11) is 0. The van der Waals surface area contributed by atoms with Gasteiger partial charge in [0.1, 0.15) is 5.52 Å². The van der Waals surface area contributed by atoms with E-state index in [-0.39, 0.29) is 52.2 Å². The third-order valence-electron chi connectivity index (χ3n) is 6.71. The number of carbonyl (C=O) groups excluding carboxylic acids is 1. The van der Waals surface area contributed by atoms with Gasteiger partial charge < -0.3 is 21.5 Å². The molecule has 5 N–H and O–H groups in total. The number of carbonyl (C=O) groups is 1. The Labute approximate surface area is 220 Å². The molecular formula is C23H26Cl2F3N7O2. The van der Waals surface area contributed by atoms with Crippen molar-refractivity contribution < 1.29 is 23.1 Å². The minimum Gasteiger partial charge on any atom is -0.394 e. The van der Waals surface area contributed by atoms with Crippen molar-refractivity contribution in [1.29, 1.82) is 0 Å². The molecule has 0 aliphatic heterocycles. The number of primary amides is 1. The molecule has 1 saturated carbocycles. The molecule has 4 rings (SSSR count). The maximum Gasteiger partial charge on any atom is 0.416 e. The highest BCUT2D eigenvalue weighted by molar-refractivity contribution is 6.39. The van der Waals surface area contributed by atoms with Gasteiger partial charge in [0.25, 0.3) is 0 Å². The second-order valence-corrected chi connectivity index (χ2v) is 10.3. The van der Waals surface area contributed by atoms with Crippen LogP contribution in [0.5, 0.6) is 0 Å². The standard InChI is InChI=1S/C23H26Cl2F3N7O2/c1-11(10-36)31-20-30-9-16-18(34-20)35(13-3-5-22(2,6-4-13)19(29)37)21(32-16)33-17-14(24)7-12(8-15(17)25)23(26,27)28/h7-9,11,13,36H,3-6,10H2,1-2H3,(H2,29,37)(H,32,33)(H,30,31,34)/t11-,13-,22-/m0/s1. The molecule has 1 aliphatic carbocycles. The van der Waals surface area contributed by atoms with Gasteiger partial charge in [-0.05, 0) is 44.7 Å². The Kier molecular flexibility index (Phi) is 7.46. The highest BCUT2D eigenvalue weighted by Gasteiger charge is 2.38. The molecule has 37 heavy (non-hydrogen) atoms. The van der Waals surface area contributed by atoms with Crippen molar-refractivity contribution in [3.8, 4) is 0 Å². The number of imidazole rings is 1. The topological polar surface area (TPSA) is 131 Å². The van der Waals surface area contributed by atoms with Crippen molar-refractivity contribution in [3.63, 3.8) is 0 Å². The number of nitrogens with one attached hydrogen (secondary N) is 2. The number of benzene rings is 1. The summed E-state index contributed by atoms with van der Waals surface area (Å²) in [6, 6.07) is 1.12. The number of aliphatic hydroxyl groups excluding tert-OH is 1. The third-order valence-corrected chi connectivity index (χ3v) is 7.30. The maximum atomic E-state index is 13.2. The Balaban J connectivity index is 1.78. The number of hydrogen-bond acceptors (Lipinski definition) is 7. The molecule has 200 valence electrons. The second-order valence-electron chi connectivity index (χ2n) is 9.53. The number of halogens is 5. The van der Waals surface area contributed by atoms with Crippen molar-refractivity contribution >= 4 is 57.9 Å². The van der Waals surface area contributed by atoms with Gasteiger partial charge in [-0.3, -0.25) is 9.36 Å². The van der Waals surface area contributed by atoms with E-state index in [0.29, 0.717) is 36.8 Å². The van der Waals surface area contributed by atoms with Crippen LogP contribution in [0.3, 0.4) is 0 Å². The average molecular weight is 560 g/mol. The Hall–Kier alpha value is -2.83. The van der Waals surface area contributed by atoms with Gasteiger partial charge in [0.15, 0.2) is 5.65 Å². The van der Waals surface area contributed by atoms with Gasteiger partial charge in [-0.25, -0.2) is 9.97 Å². The highest BCUT2D eigenvalue weighted by Crippen LogP contribution is 2.44. The monoisotopic (exact) mass is 559 g/mol. The predicted octanol–water partition coefficient (Wildman–Crippen LogP) is 5.29. The number of aromatic nitrogens is 4. The Morgan fingerprint density at radius 2 is 1.89 bits per heavy atom. The predicted molar refractivity (Wildman–Crippen MR) is 135 cm³/mol. The van der Waals surface area contributed by atoms with Crippen LogP contribution < -0.4 is 16.4 Å². The van der Waals surface area contributed by atoms with E-state index in [1.54, 1.807) is 6.92 Å². The summed E-state index contributed by atoms with van der Waals surface area (Å²) in [5.74, 6) is 0.160. The first-order valence-electron chi connectivity index (χ1n) is 11.6. The SMILES string of the molecule is C[C@@H](CO)Nc1ncc2nc(Nc3c(Cl)cc(C(F)(F)F)cc3Cl)n([C@H]3CC[C@](C)(C(N)=O)CC3)c2n1. The summed E-state index contributed by atoms with van der Waals surface area (Å²) in [6.45, 7) is 3.46. The molecule has 0 spiro atoms. The van der Waals surface area contributed by atoms with Crippen LogP contribution in [0.4, 0.5) is 30.8 Å². The number of nitrogens with two attached hydrogens (primary N) is 1. The van der Waals surface area contributed by atoms with E-state index in [9.17, 15) is 23.1 Å². The van der Waals surface area contributed by atoms with E-state index in [0.717, 1.165) is 12.1 Å². The molecule has 2 heterocycles. The highest BCUT2D eigenvalue weighted by atomic mass is 35.5. The molecule has 0 radical (unpaired) electrons. The number of alkyl halides is 3. The molecule has 1 aromatic carbocycles. The summed E-state index contributed by atoms with van der Waals surface area (Å²) in [4.78, 5) is 25.4. The molecule has 1 aliphatic rings. The van der Waals surface area contributed by atoms with Gasteiger partial charge in [-0.2, -0.15) is 18.2 Å². The van der Waals surface area contributed by atoms with Crippen LogP contribution in [0.15, 0.2) is 18.3 Å². The lowest BCUT2D eigenvalue weighted by atomic mass is 9.73. The van der Waals surface area contributed by atoms with Crippen molar-refractivity contribution in [2.45, 2.75) is 57.8 Å². The van der Waals surface area contributed by atoms with E-state index in [2.05, 4.69) is 25.6 Å². The van der Waals surface area contributed by atoms with Gasteiger partial charge in [-0.1, -0.05) is 30.1 Å². The number of hydrogen-bond donors (Lipinski definition) is 4. The zero-order chi connectivity index (χ0) is 27.1. The van der Waals surface area contributed by atoms with Crippen LogP contribution in [-0.2, 0) is 11.0 Å². The smallest absolute Gasteiger partial charge is 0.394 e. The quantitative estimate of drug-likeness (QED) is 0.309. The Morgan fingerprint density at radius 1 is 1.27 bits per heavy atom. The fourth-order valence-electron chi connectivity index (χ4n) is 4.37. The molecule has 3 aromatic rings. The van der Waals surface area contributed by atoms with Crippen molar-refractivity contribution in [3.05, 3.63) is 33.9 Å². The number of nitrogens with zero attached hydrogens (tertiary/aromatic N) is 4. The van der Waals surface area contributed by atoms with Crippen LogP contribution in [0, 0.1) is 5.41 Å². The van der Waals surface area contributed by atoms with E-state index in [1.807, 2.05) is 11.5 Å². The fourth-order valence-corrected chi connectivity index (χ4v) is 4.95. The number of anilines is 3. The molecule has 1 amide bonds. The molecule has 0 saturated heterocycles. The van der Waals surface area contributed by atoms with Crippen molar-refractivity contribution in [2.24, 2.45) is 11.1 Å². The molecule has 9 nitrogen and oxygen atoms in total. The maximum absolute atomic E-state index is 13.2. The number of amides is 1. The molecule has 0 bridgehead atoms. The van der Waals surface area contributed by atoms with Crippen LogP contribution in [0.2, 0.25) is 10.0 Å². The summed E-state index contributed by atoms with van der Waals surface area (Å²) in [6.07, 6.45) is -0.888. The van der Waals surface area contributed by atoms with Gasteiger partial charge in [-0.15, -0.1) is 0 Å². The molecule has 1 fully saturated rings. The first-order chi connectivity index (χ1) is 17.3. The molecule has 0 unspecified atom stereocenters. The molecule has 1 atom stereocenters. The van der Waals surface area contributed by atoms with Crippen LogP contribution in [0.25, 0.3) is 11.2 Å². The summed E-state index contributed by atoms with van der Waals surface area (Å²) in [5.41, 5.74) is 4.94. The average Bonchev–Trinajstić information content (AvgIpc) is 3.18.